The third-order valence-electron chi connectivity index (χ3n) is 2.89. The van der Waals surface area contributed by atoms with Gasteiger partial charge in [0, 0.05) is 11.6 Å². The summed E-state index contributed by atoms with van der Waals surface area (Å²) in [6.45, 7) is 1.54. The molecule has 0 fully saturated rings. The minimum atomic E-state index is -0.711. The van der Waals surface area contributed by atoms with E-state index in [0.717, 1.165) is 6.07 Å². The van der Waals surface area contributed by atoms with Gasteiger partial charge in [-0.25, -0.2) is 0 Å². The molecule has 0 bridgehead atoms. The number of ether oxygens (including phenoxy) is 1. The molecule has 0 aliphatic carbocycles. The van der Waals surface area contributed by atoms with Crippen molar-refractivity contribution in [3.8, 4) is 17.6 Å². The first-order valence-electron chi connectivity index (χ1n) is 6.04. The van der Waals surface area contributed by atoms with Crippen molar-refractivity contribution in [2.24, 2.45) is 0 Å². The first kappa shape index (κ1) is 14.9. The Morgan fingerprint density at radius 1 is 1.09 bits per heavy atom. The highest BCUT2D eigenvalue weighted by atomic mass is 16.6. The van der Waals surface area contributed by atoms with Gasteiger partial charge in [0.1, 0.15) is 0 Å². The highest BCUT2D eigenvalue weighted by Crippen LogP contribution is 2.37. The van der Waals surface area contributed by atoms with Crippen LogP contribution in [0.25, 0.3) is 0 Å². The van der Waals surface area contributed by atoms with Gasteiger partial charge in [-0.2, -0.15) is 5.26 Å². The largest absolute Gasteiger partial charge is 0.443 e. The summed E-state index contributed by atoms with van der Waals surface area (Å²) >= 11 is 0. The second-order valence-corrected chi connectivity index (χ2v) is 4.33. The van der Waals surface area contributed by atoms with Gasteiger partial charge >= 0.3 is 11.4 Å². The van der Waals surface area contributed by atoms with Crippen LogP contribution in [0.2, 0.25) is 0 Å². The fourth-order valence-corrected chi connectivity index (χ4v) is 1.88. The van der Waals surface area contributed by atoms with Gasteiger partial charge in [0.05, 0.1) is 21.5 Å². The van der Waals surface area contributed by atoms with Crippen LogP contribution in [0.3, 0.4) is 0 Å². The zero-order chi connectivity index (χ0) is 16.3. The average Bonchev–Trinajstić information content (AvgIpc) is 2.47. The number of rotatable bonds is 4. The van der Waals surface area contributed by atoms with Gasteiger partial charge in [0.25, 0.3) is 0 Å². The molecule has 110 valence electrons. The van der Waals surface area contributed by atoms with Gasteiger partial charge in [0.15, 0.2) is 0 Å². The molecule has 0 atom stereocenters. The molecule has 22 heavy (non-hydrogen) atoms. The van der Waals surface area contributed by atoms with E-state index < -0.39 is 15.5 Å². The molecule has 0 aliphatic heterocycles. The zero-order valence-electron chi connectivity index (χ0n) is 11.3. The Bertz CT molecular complexity index is 811. The van der Waals surface area contributed by atoms with E-state index in [-0.39, 0.29) is 22.7 Å². The molecule has 0 amide bonds. The van der Waals surface area contributed by atoms with Crippen LogP contribution in [0.5, 0.6) is 11.5 Å². The van der Waals surface area contributed by atoms with Crippen LogP contribution in [0, 0.1) is 38.5 Å². The van der Waals surface area contributed by atoms with Crippen molar-refractivity contribution in [3.05, 3.63) is 67.8 Å². The highest BCUT2D eigenvalue weighted by Gasteiger charge is 2.23. The lowest BCUT2D eigenvalue weighted by Gasteiger charge is -2.08. The van der Waals surface area contributed by atoms with Crippen LogP contribution in [-0.2, 0) is 0 Å². The van der Waals surface area contributed by atoms with Gasteiger partial charge in [-0.05, 0) is 25.1 Å². The van der Waals surface area contributed by atoms with Crippen molar-refractivity contribution in [1.29, 1.82) is 5.26 Å². The first-order chi connectivity index (χ1) is 10.4. The number of nitrogens with zero attached hydrogens (tertiary/aromatic N) is 3. The summed E-state index contributed by atoms with van der Waals surface area (Å²) in [5.74, 6) is -0.268. The van der Waals surface area contributed by atoms with Crippen LogP contribution < -0.4 is 4.74 Å². The third-order valence-corrected chi connectivity index (χ3v) is 2.89. The van der Waals surface area contributed by atoms with E-state index in [9.17, 15) is 20.2 Å². The monoisotopic (exact) mass is 299 g/mol. The van der Waals surface area contributed by atoms with E-state index in [0.29, 0.717) is 5.56 Å². The summed E-state index contributed by atoms with van der Waals surface area (Å²) in [4.78, 5) is 20.8. The molecule has 8 nitrogen and oxygen atoms in total. The van der Waals surface area contributed by atoms with Crippen LogP contribution in [-0.4, -0.2) is 9.85 Å². The Hall–Kier alpha value is -3.47. The van der Waals surface area contributed by atoms with Gasteiger partial charge in [-0.3, -0.25) is 20.2 Å². The number of hydrogen-bond acceptors (Lipinski definition) is 6. The summed E-state index contributed by atoms with van der Waals surface area (Å²) in [5, 5.41) is 30.9. The number of nitro benzene ring substituents is 2. The molecule has 0 N–H and O–H groups in total. The highest BCUT2D eigenvalue weighted by molar-refractivity contribution is 5.58. The molecule has 2 rings (SSSR count). The predicted molar refractivity (Wildman–Crippen MR) is 75.7 cm³/mol. The van der Waals surface area contributed by atoms with Crippen molar-refractivity contribution in [1.82, 2.24) is 0 Å². The molecule has 8 heteroatoms. The molecule has 0 radical (unpaired) electrons. The molecule has 0 unspecified atom stereocenters. The summed E-state index contributed by atoms with van der Waals surface area (Å²) in [6, 6.07) is 9.86. The summed E-state index contributed by atoms with van der Waals surface area (Å²) in [6.07, 6.45) is 0. The molecule has 0 spiro atoms. The number of nitriles is 1. The molecular formula is C14H9N3O5. The molecule has 2 aromatic carbocycles. The third kappa shape index (κ3) is 2.83. The minimum absolute atomic E-state index is 0.0952. The predicted octanol–water partition coefficient (Wildman–Crippen LogP) is 3.48. The first-order valence-corrected chi connectivity index (χ1v) is 6.04. The number of nitro groups is 2. The van der Waals surface area contributed by atoms with Crippen molar-refractivity contribution < 1.29 is 14.6 Å². The molecular weight excluding hydrogens is 290 g/mol. The summed E-state index contributed by atoms with van der Waals surface area (Å²) < 4.78 is 5.35. The van der Waals surface area contributed by atoms with Crippen LogP contribution in [0.15, 0.2) is 36.4 Å². The normalized spacial score (nSPS) is 9.82. The topological polar surface area (TPSA) is 119 Å². The Morgan fingerprint density at radius 2 is 1.82 bits per heavy atom. The number of benzene rings is 2. The number of aryl methyl sites for hydroxylation is 1. The maximum Gasteiger partial charge on any atom is 0.314 e. The van der Waals surface area contributed by atoms with E-state index in [4.69, 9.17) is 10.00 Å². The fourth-order valence-electron chi connectivity index (χ4n) is 1.88. The summed E-state index contributed by atoms with van der Waals surface area (Å²) in [5.41, 5.74) is -0.229. The molecule has 0 aromatic heterocycles. The van der Waals surface area contributed by atoms with Crippen LogP contribution in [0.1, 0.15) is 11.1 Å². The Kier molecular flexibility index (Phi) is 3.99. The van der Waals surface area contributed by atoms with E-state index in [1.54, 1.807) is 12.1 Å². The standard InChI is InChI=1S/C14H9N3O5/c1-9-3-2-4-13(14(9)17(20)21)22-12-6-5-10(8-15)7-11(12)16(18)19/h2-7H,1H3. The molecule has 0 heterocycles. The Balaban J connectivity index is 2.53. The minimum Gasteiger partial charge on any atom is -0.443 e. The van der Waals surface area contributed by atoms with Gasteiger partial charge in [-0.15, -0.1) is 0 Å². The SMILES string of the molecule is Cc1cccc(Oc2ccc(C#N)cc2[N+](=O)[O-])c1[N+](=O)[O-]. The van der Waals surface area contributed by atoms with Crippen molar-refractivity contribution >= 4 is 11.4 Å². The maximum atomic E-state index is 11.1. The second kappa shape index (κ2) is 5.88. The van der Waals surface area contributed by atoms with Crippen molar-refractivity contribution in [2.45, 2.75) is 6.92 Å². The van der Waals surface area contributed by atoms with Crippen LogP contribution >= 0.6 is 0 Å². The molecule has 0 saturated carbocycles. The lowest BCUT2D eigenvalue weighted by Crippen LogP contribution is -1.98. The molecule has 0 aliphatic rings. The Morgan fingerprint density at radius 3 is 2.41 bits per heavy atom. The molecule has 0 saturated heterocycles. The average molecular weight is 299 g/mol. The lowest BCUT2D eigenvalue weighted by atomic mass is 10.2. The lowest BCUT2D eigenvalue weighted by molar-refractivity contribution is -0.387. The number of hydrogen-bond donors (Lipinski definition) is 0. The Labute approximate surface area is 124 Å². The van der Waals surface area contributed by atoms with E-state index in [1.807, 2.05) is 0 Å². The van der Waals surface area contributed by atoms with Gasteiger partial charge in [0.2, 0.25) is 11.5 Å². The summed E-state index contributed by atoms with van der Waals surface area (Å²) in [7, 11) is 0. The maximum absolute atomic E-state index is 11.1. The molecule has 2 aromatic rings. The number of para-hydroxylation sites is 1. The van der Waals surface area contributed by atoms with Gasteiger partial charge in [-0.1, -0.05) is 12.1 Å². The quantitative estimate of drug-likeness (QED) is 0.629. The van der Waals surface area contributed by atoms with Crippen molar-refractivity contribution in [3.63, 3.8) is 0 Å². The van der Waals surface area contributed by atoms with E-state index in [1.165, 1.54) is 31.2 Å². The second-order valence-electron chi connectivity index (χ2n) is 4.33. The van der Waals surface area contributed by atoms with Crippen LogP contribution in [0.4, 0.5) is 11.4 Å². The smallest absolute Gasteiger partial charge is 0.314 e. The van der Waals surface area contributed by atoms with E-state index in [2.05, 4.69) is 0 Å². The zero-order valence-corrected chi connectivity index (χ0v) is 11.3. The van der Waals surface area contributed by atoms with E-state index >= 15 is 0 Å². The van der Waals surface area contributed by atoms with Gasteiger partial charge < -0.3 is 4.74 Å². The van der Waals surface area contributed by atoms with Crippen molar-refractivity contribution in [2.75, 3.05) is 0 Å². The fraction of sp³-hybridized carbons (Fsp3) is 0.0714.